The number of rotatable bonds is 3. The third-order valence-electron chi connectivity index (χ3n) is 6.45. The van der Waals surface area contributed by atoms with Crippen LogP contribution >= 0.6 is 0 Å². The molecule has 8 nitrogen and oxygen atoms in total. The van der Waals surface area contributed by atoms with E-state index in [9.17, 15) is 4.21 Å². The van der Waals surface area contributed by atoms with Gasteiger partial charge in [0.25, 0.3) is 0 Å². The van der Waals surface area contributed by atoms with Crippen molar-refractivity contribution < 1.29 is 8.95 Å². The number of nitrogens with two attached hydrogens (primary N) is 1. The Labute approximate surface area is 189 Å². The number of guanidine groups is 1. The van der Waals surface area contributed by atoms with Crippen molar-refractivity contribution in [1.82, 2.24) is 14.3 Å². The van der Waals surface area contributed by atoms with Crippen molar-refractivity contribution in [2.75, 3.05) is 19.5 Å². The van der Waals surface area contributed by atoms with Crippen LogP contribution in [0.15, 0.2) is 47.7 Å². The quantitative estimate of drug-likeness (QED) is 0.635. The Morgan fingerprint density at radius 1 is 1.28 bits per heavy atom. The monoisotopic (exact) mass is 450 g/mol. The van der Waals surface area contributed by atoms with Crippen LogP contribution in [-0.2, 0) is 22.9 Å². The van der Waals surface area contributed by atoms with Crippen LogP contribution in [0.25, 0.3) is 10.9 Å². The molecule has 166 valence electrons. The van der Waals surface area contributed by atoms with Gasteiger partial charge < -0.3 is 15.8 Å². The summed E-state index contributed by atoms with van der Waals surface area (Å²) in [6.45, 7) is 2.05. The predicted octanol–water partition coefficient (Wildman–Crippen LogP) is 3.23. The highest BCUT2D eigenvalue weighted by atomic mass is 32.2. The van der Waals surface area contributed by atoms with Gasteiger partial charge in [-0.2, -0.15) is 0 Å². The van der Waals surface area contributed by atoms with E-state index in [2.05, 4.69) is 27.4 Å². The number of methoxy groups -OCH3 is 1. The molecule has 5 rings (SSSR count). The SMILES string of the molecule is COc1cnc2c(Nc3ccc4c(c3)[C@@]3(C)N=C(N)N(C)S(=O)C3CCC4)nccc2c1. The molecule has 0 bridgehead atoms. The zero-order valence-corrected chi connectivity index (χ0v) is 19.1. The van der Waals surface area contributed by atoms with Gasteiger partial charge in [-0.25, -0.2) is 19.2 Å². The first-order valence-corrected chi connectivity index (χ1v) is 11.8. The van der Waals surface area contributed by atoms with Crippen molar-refractivity contribution in [3.05, 3.63) is 53.9 Å². The molecular weight excluding hydrogens is 424 g/mol. The maximum atomic E-state index is 13.1. The molecule has 32 heavy (non-hydrogen) atoms. The van der Waals surface area contributed by atoms with Crippen LogP contribution in [0, 0.1) is 0 Å². The molecule has 9 heteroatoms. The van der Waals surface area contributed by atoms with Gasteiger partial charge in [-0.15, -0.1) is 0 Å². The number of aromatic nitrogens is 2. The highest BCUT2D eigenvalue weighted by Gasteiger charge is 2.47. The van der Waals surface area contributed by atoms with E-state index >= 15 is 0 Å². The number of ether oxygens (including phenoxy) is 1. The number of benzene rings is 1. The molecule has 2 aliphatic rings. The number of aryl methyl sites for hydroxylation is 1. The van der Waals surface area contributed by atoms with E-state index in [-0.39, 0.29) is 5.25 Å². The largest absolute Gasteiger partial charge is 0.495 e. The highest BCUT2D eigenvalue weighted by molar-refractivity contribution is 7.84. The van der Waals surface area contributed by atoms with Crippen LogP contribution in [0.5, 0.6) is 5.75 Å². The van der Waals surface area contributed by atoms with Crippen molar-refractivity contribution in [2.24, 2.45) is 10.7 Å². The van der Waals surface area contributed by atoms with Gasteiger partial charge in [-0.1, -0.05) is 6.07 Å². The lowest BCUT2D eigenvalue weighted by molar-refractivity contribution is 0.414. The van der Waals surface area contributed by atoms with Crippen molar-refractivity contribution in [3.63, 3.8) is 0 Å². The summed E-state index contributed by atoms with van der Waals surface area (Å²) in [6.07, 6.45) is 6.15. The van der Waals surface area contributed by atoms with Gasteiger partial charge in [0.2, 0.25) is 5.96 Å². The number of hydrogen-bond donors (Lipinski definition) is 2. The molecule has 0 radical (unpaired) electrons. The normalized spacial score (nSPS) is 24.8. The summed E-state index contributed by atoms with van der Waals surface area (Å²) in [5.74, 6) is 1.67. The second-order valence-electron chi connectivity index (χ2n) is 8.38. The molecule has 3 heterocycles. The van der Waals surface area contributed by atoms with Gasteiger partial charge in [-0.05, 0) is 61.6 Å². The Balaban J connectivity index is 1.58. The molecule has 0 saturated carbocycles. The smallest absolute Gasteiger partial charge is 0.204 e. The second-order valence-corrected chi connectivity index (χ2v) is 10.0. The molecule has 2 aromatic heterocycles. The Bertz CT molecular complexity index is 1260. The Morgan fingerprint density at radius 3 is 2.94 bits per heavy atom. The van der Waals surface area contributed by atoms with E-state index < -0.39 is 16.5 Å². The fourth-order valence-corrected chi connectivity index (χ4v) is 6.22. The molecule has 1 aliphatic heterocycles. The van der Waals surface area contributed by atoms with E-state index in [0.717, 1.165) is 41.4 Å². The van der Waals surface area contributed by atoms with E-state index in [1.807, 2.05) is 25.1 Å². The molecule has 3 aromatic rings. The van der Waals surface area contributed by atoms with Crippen molar-refractivity contribution in [3.8, 4) is 5.75 Å². The molecule has 0 fully saturated rings. The first-order chi connectivity index (χ1) is 15.4. The molecule has 1 aliphatic carbocycles. The van der Waals surface area contributed by atoms with Crippen LogP contribution in [0.2, 0.25) is 0 Å². The molecule has 3 N–H and O–H groups in total. The van der Waals surface area contributed by atoms with Crippen LogP contribution < -0.4 is 15.8 Å². The van der Waals surface area contributed by atoms with E-state index in [1.165, 1.54) is 5.56 Å². The molecule has 0 spiro atoms. The summed E-state index contributed by atoms with van der Waals surface area (Å²) in [4.78, 5) is 13.9. The maximum Gasteiger partial charge on any atom is 0.204 e. The highest BCUT2D eigenvalue weighted by Crippen LogP contribution is 2.43. The number of nitrogens with one attached hydrogen (secondary N) is 1. The first-order valence-electron chi connectivity index (χ1n) is 10.6. The average molecular weight is 451 g/mol. The summed E-state index contributed by atoms with van der Waals surface area (Å²) < 4.78 is 20.0. The zero-order chi connectivity index (χ0) is 22.5. The number of aliphatic imine (C=N–C) groups is 1. The maximum absolute atomic E-state index is 13.1. The van der Waals surface area contributed by atoms with E-state index in [0.29, 0.717) is 17.5 Å². The Morgan fingerprint density at radius 2 is 2.12 bits per heavy atom. The Hall–Kier alpha value is -3.20. The molecule has 0 saturated heterocycles. The summed E-state index contributed by atoms with van der Waals surface area (Å²) in [6, 6.07) is 10.1. The van der Waals surface area contributed by atoms with Crippen LogP contribution in [0.4, 0.5) is 11.5 Å². The van der Waals surface area contributed by atoms with Gasteiger partial charge in [0.1, 0.15) is 27.8 Å². The summed E-state index contributed by atoms with van der Waals surface area (Å²) in [5.41, 5.74) is 9.42. The average Bonchev–Trinajstić information content (AvgIpc) is 2.94. The van der Waals surface area contributed by atoms with Crippen LogP contribution in [-0.4, -0.2) is 43.8 Å². The molecule has 3 atom stereocenters. The van der Waals surface area contributed by atoms with Gasteiger partial charge in [0.05, 0.1) is 18.6 Å². The zero-order valence-electron chi connectivity index (χ0n) is 18.3. The van der Waals surface area contributed by atoms with Gasteiger partial charge in [-0.3, -0.25) is 4.31 Å². The van der Waals surface area contributed by atoms with Crippen LogP contribution in [0.3, 0.4) is 0 Å². The third-order valence-corrected chi connectivity index (χ3v) is 8.36. The number of anilines is 2. The summed E-state index contributed by atoms with van der Waals surface area (Å²) >= 11 is 0. The minimum absolute atomic E-state index is 0.124. The summed E-state index contributed by atoms with van der Waals surface area (Å²) in [7, 11) is 2.13. The Kier molecular flexibility index (Phi) is 5.00. The lowest BCUT2D eigenvalue weighted by atomic mass is 9.86. The van der Waals surface area contributed by atoms with Crippen LogP contribution in [0.1, 0.15) is 30.9 Å². The molecule has 2 unspecified atom stereocenters. The van der Waals surface area contributed by atoms with Gasteiger partial charge in [0, 0.05) is 24.3 Å². The fourth-order valence-electron chi connectivity index (χ4n) is 4.68. The lowest BCUT2D eigenvalue weighted by Crippen LogP contribution is -2.53. The number of nitrogens with zero attached hydrogens (tertiary/aromatic N) is 4. The second kappa shape index (κ2) is 7.74. The van der Waals surface area contributed by atoms with Crippen molar-refractivity contribution >= 4 is 39.4 Å². The number of fused-ring (bicyclic) bond motifs is 4. The lowest BCUT2D eigenvalue weighted by Gasteiger charge is -2.40. The molecule has 0 amide bonds. The van der Waals surface area contributed by atoms with E-state index in [4.69, 9.17) is 15.5 Å². The minimum atomic E-state index is -1.23. The topological polar surface area (TPSA) is 106 Å². The fraction of sp³-hybridized carbons (Fsp3) is 0.348. The standard InChI is InChI=1S/C23H26N6O2S/c1-23-18-12-16(27-21-20-15(9-10-25-21)11-17(31-3)13-26-20)8-7-14(18)5-4-6-19(23)32(30)29(2)22(24)28-23/h7-13,19H,4-6H2,1-3H3,(H2,24,28)(H,25,27)/t19?,23-,32?/m1/s1. The summed E-state index contributed by atoms with van der Waals surface area (Å²) in [5, 5.41) is 4.23. The van der Waals surface area contributed by atoms with Gasteiger partial charge in [0.15, 0.2) is 5.82 Å². The minimum Gasteiger partial charge on any atom is -0.495 e. The first kappa shape index (κ1) is 20.7. The number of pyridine rings is 2. The van der Waals surface area contributed by atoms with Crippen molar-refractivity contribution in [1.29, 1.82) is 0 Å². The van der Waals surface area contributed by atoms with E-state index in [1.54, 1.807) is 30.9 Å². The predicted molar refractivity (Wildman–Crippen MR) is 127 cm³/mol. The third kappa shape index (κ3) is 3.28. The van der Waals surface area contributed by atoms with Gasteiger partial charge >= 0.3 is 0 Å². The molecular formula is C23H26N6O2S. The molecule has 1 aromatic carbocycles. The number of hydrogen-bond acceptors (Lipinski definition) is 7. The van der Waals surface area contributed by atoms with Crippen molar-refractivity contribution in [2.45, 2.75) is 37.0 Å².